The zero-order valence-corrected chi connectivity index (χ0v) is 39.5. The van der Waals surface area contributed by atoms with Crippen LogP contribution in [0.5, 0.6) is 11.5 Å². The minimum Gasteiger partial charge on any atom is -0.500 e. The Labute approximate surface area is 394 Å². The van der Waals surface area contributed by atoms with Crippen LogP contribution in [-0.4, -0.2) is 15.0 Å². The topological polar surface area (TPSA) is 87.3 Å². The van der Waals surface area contributed by atoms with E-state index in [1.54, 1.807) is 36.5 Å². The first-order valence-corrected chi connectivity index (χ1v) is 21.7. The molecule has 0 N–H and O–H groups in total. The van der Waals surface area contributed by atoms with Gasteiger partial charge < -0.3 is 18.9 Å². The molecule has 0 saturated carbocycles. The molecular weight excluding hydrogens is 983 g/mol. The Balaban J connectivity index is 0.000000145. The molecule has 7 nitrogen and oxygen atoms in total. The number of benzene rings is 4. The fourth-order valence-electron chi connectivity index (χ4n) is 7.56. The van der Waals surface area contributed by atoms with Crippen molar-refractivity contribution in [2.45, 2.75) is 59.3 Å². The number of pyridine rings is 3. The van der Waals surface area contributed by atoms with Crippen LogP contribution in [0, 0.1) is 6.07 Å². The molecule has 0 bridgehead atoms. The Hall–Kier alpha value is -6.99. The van der Waals surface area contributed by atoms with E-state index in [0.29, 0.717) is 27.9 Å². The number of para-hydroxylation sites is 1. The Morgan fingerprint density at radius 2 is 1.20 bits per heavy atom. The van der Waals surface area contributed by atoms with Gasteiger partial charge in [-0.3, -0.25) is 14.8 Å². The summed E-state index contributed by atoms with van der Waals surface area (Å²) in [6, 6.07) is 39.0. The van der Waals surface area contributed by atoms with Crippen molar-refractivity contribution >= 4 is 21.9 Å². The Morgan fingerprint density at radius 1 is 0.646 bits per heavy atom. The van der Waals surface area contributed by atoms with Crippen molar-refractivity contribution in [1.82, 2.24) is 15.0 Å². The van der Waals surface area contributed by atoms with Crippen LogP contribution >= 0.6 is 0 Å². The van der Waals surface area contributed by atoms with Crippen LogP contribution in [0.1, 0.15) is 61.4 Å². The molecule has 0 amide bonds. The number of ether oxygens (including phenoxy) is 2. The molecule has 6 heterocycles. The first kappa shape index (κ1) is 46.0. The molecule has 0 unspecified atom stereocenters. The normalized spacial score (nSPS) is 12.3. The summed E-state index contributed by atoms with van der Waals surface area (Å²) in [5.41, 5.74) is 13.2. The van der Waals surface area contributed by atoms with Gasteiger partial charge in [0, 0.05) is 49.8 Å². The fraction of sp³-hybridized carbons (Fsp3) is 0.158. The summed E-state index contributed by atoms with van der Waals surface area (Å²) in [7, 11) is 0. The third-order valence-corrected chi connectivity index (χ3v) is 11.3. The fourth-order valence-corrected chi connectivity index (χ4v) is 7.56. The molecular formula is C57H50IrN3O4-. The average Bonchev–Trinajstić information content (AvgIpc) is 3.36. The average molecular weight is 1030 g/mol. The van der Waals surface area contributed by atoms with Gasteiger partial charge in [-0.2, -0.15) is 0 Å². The van der Waals surface area contributed by atoms with E-state index < -0.39 is 0 Å². The van der Waals surface area contributed by atoms with Crippen LogP contribution < -0.4 is 14.9 Å². The third-order valence-electron chi connectivity index (χ3n) is 11.3. The van der Waals surface area contributed by atoms with Crippen LogP contribution in [-0.2, 0) is 45.8 Å². The van der Waals surface area contributed by atoms with Crippen molar-refractivity contribution in [2.75, 3.05) is 0 Å². The summed E-state index contributed by atoms with van der Waals surface area (Å²) in [6.45, 7) is 16.1. The van der Waals surface area contributed by atoms with E-state index in [4.69, 9.17) is 13.9 Å². The molecule has 4 aromatic carbocycles. The van der Waals surface area contributed by atoms with Crippen molar-refractivity contribution in [3.05, 3.63) is 221 Å². The number of allylic oxidation sites excluding steroid dienone is 4. The number of fused-ring (bicyclic) bond motifs is 4. The smallest absolute Gasteiger partial charge is 0.182 e. The number of aromatic nitrogens is 3. The minimum absolute atomic E-state index is 0. The van der Waals surface area contributed by atoms with Crippen LogP contribution in [0.4, 0.5) is 0 Å². The molecule has 0 saturated heterocycles. The van der Waals surface area contributed by atoms with Gasteiger partial charge in [-0.05, 0) is 168 Å². The maximum Gasteiger partial charge on any atom is 0.182 e. The van der Waals surface area contributed by atoms with Crippen LogP contribution in [0.3, 0.4) is 0 Å². The van der Waals surface area contributed by atoms with Crippen molar-refractivity contribution in [2.24, 2.45) is 0 Å². The molecule has 8 heteroatoms. The monoisotopic (exact) mass is 1030 g/mol. The number of aryl methyl sites for hydroxylation is 2. The second kappa shape index (κ2) is 21.1. The summed E-state index contributed by atoms with van der Waals surface area (Å²) in [5, 5.41) is 1.14. The van der Waals surface area contributed by atoms with Crippen molar-refractivity contribution in [3.8, 4) is 45.3 Å². The first-order valence-electron chi connectivity index (χ1n) is 21.7. The van der Waals surface area contributed by atoms with Crippen LogP contribution in [0.2, 0.25) is 0 Å². The second-order valence-corrected chi connectivity index (χ2v) is 15.9. The molecule has 0 atom stereocenters. The van der Waals surface area contributed by atoms with Gasteiger partial charge in [0.05, 0.1) is 22.4 Å². The van der Waals surface area contributed by atoms with E-state index in [9.17, 15) is 4.79 Å². The SMILES string of the molecule is C=CC1=CCc2cc(-c3cc(CC)ccn3)ccc2O1.C=CC1=CCc2cc(-c3cc(CC)ccn3)ccc2O1.CC(C)c1ccnc(-c2[c-]cc3oc4ccccc4c(=O)c3c2)c1.[Ir]. The summed E-state index contributed by atoms with van der Waals surface area (Å²) in [5.74, 6) is 3.91. The predicted molar refractivity (Wildman–Crippen MR) is 259 cm³/mol. The molecule has 2 aliphatic rings. The molecule has 0 aliphatic carbocycles. The zero-order valence-electron chi connectivity index (χ0n) is 37.1. The Morgan fingerprint density at radius 3 is 1.75 bits per heavy atom. The van der Waals surface area contributed by atoms with Crippen LogP contribution in [0.25, 0.3) is 55.7 Å². The molecule has 2 aliphatic heterocycles. The van der Waals surface area contributed by atoms with Gasteiger partial charge in [0.25, 0.3) is 0 Å². The van der Waals surface area contributed by atoms with E-state index in [0.717, 1.165) is 82.5 Å². The van der Waals surface area contributed by atoms with Gasteiger partial charge in [-0.1, -0.05) is 64.6 Å². The van der Waals surface area contributed by atoms with Gasteiger partial charge in [0.2, 0.25) is 0 Å². The molecule has 327 valence electrons. The van der Waals surface area contributed by atoms with Gasteiger partial charge in [-0.15, -0.1) is 23.8 Å². The van der Waals surface area contributed by atoms with Gasteiger partial charge in [-0.25, -0.2) is 0 Å². The van der Waals surface area contributed by atoms with Gasteiger partial charge in [0.15, 0.2) is 5.43 Å². The third kappa shape index (κ3) is 10.7. The molecule has 0 fully saturated rings. The van der Waals surface area contributed by atoms with Crippen LogP contribution in [0.15, 0.2) is 186 Å². The molecule has 1 radical (unpaired) electrons. The summed E-state index contributed by atoms with van der Waals surface area (Å²) in [4.78, 5) is 26.1. The van der Waals surface area contributed by atoms with Crippen molar-refractivity contribution in [1.29, 1.82) is 0 Å². The Bertz CT molecular complexity index is 3030. The molecule has 0 spiro atoms. The van der Waals surface area contributed by atoms with E-state index in [1.807, 2.05) is 54.9 Å². The van der Waals surface area contributed by atoms with Crippen molar-refractivity contribution < 1.29 is 34.0 Å². The molecule has 8 aromatic rings. The second-order valence-electron chi connectivity index (χ2n) is 15.9. The largest absolute Gasteiger partial charge is 0.500 e. The first-order chi connectivity index (χ1) is 31.2. The van der Waals surface area contributed by atoms with E-state index in [-0.39, 0.29) is 25.5 Å². The summed E-state index contributed by atoms with van der Waals surface area (Å²) >= 11 is 0. The summed E-state index contributed by atoms with van der Waals surface area (Å²) in [6.07, 6.45) is 16.9. The zero-order chi connectivity index (χ0) is 44.6. The van der Waals surface area contributed by atoms with Gasteiger partial charge in [0.1, 0.15) is 28.6 Å². The van der Waals surface area contributed by atoms with E-state index in [2.05, 4.69) is 123 Å². The molecule has 10 rings (SSSR count). The maximum absolute atomic E-state index is 12.8. The summed E-state index contributed by atoms with van der Waals surface area (Å²) < 4.78 is 17.3. The number of hydrogen-bond acceptors (Lipinski definition) is 7. The number of nitrogens with zero attached hydrogens (tertiary/aromatic N) is 3. The van der Waals surface area contributed by atoms with Crippen molar-refractivity contribution in [3.63, 3.8) is 0 Å². The standard InChI is InChI=1S/C21H16NO2.2C18H17NO.Ir/c1-13(2)14-9-10-22-18(12-14)15-7-8-20-17(11-15)21(23)16-5-3-4-6-19(16)24-20;2*1-3-13-9-10-19-17(11-13)14-6-8-18-15(12-14)5-7-16(4-2)20-18;/h3-6,8-13H,1-2H3;2*4,6-12H,2-3,5H2,1H3;/q-1;;;. The number of rotatable bonds is 8. The molecule has 4 aromatic heterocycles. The minimum atomic E-state index is -0.0258. The van der Waals surface area contributed by atoms with E-state index >= 15 is 0 Å². The van der Waals surface area contributed by atoms with Gasteiger partial charge >= 0.3 is 0 Å². The Kier molecular flexibility index (Phi) is 15.0. The number of hydrogen-bond donors (Lipinski definition) is 0. The predicted octanol–water partition coefficient (Wildman–Crippen LogP) is 13.6. The molecule has 65 heavy (non-hydrogen) atoms. The maximum atomic E-state index is 12.8. The van der Waals surface area contributed by atoms with E-state index in [1.165, 1.54) is 27.8 Å². The quantitative estimate of drug-likeness (QED) is 0.111.